The van der Waals surface area contributed by atoms with Crippen molar-refractivity contribution in [3.63, 3.8) is 0 Å². The van der Waals surface area contributed by atoms with Crippen LogP contribution in [0.25, 0.3) is 46.6 Å². The fourth-order valence-corrected chi connectivity index (χ4v) is 10.4. The Balaban J connectivity index is 1.33. The third-order valence-electron chi connectivity index (χ3n) is 11.6. The van der Waals surface area contributed by atoms with Crippen LogP contribution in [0.3, 0.4) is 0 Å². The van der Waals surface area contributed by atoms with E-state index in [4.69, 9.17) is 18.9 Å². The summed E-state index contributed by atoms with van der Waals surface area (Å²) in [4.78, 5) is 4.92. The molecule has 2 aromatic carbocycles. The molecule has 0 bridgehead atoms. The van der Waals surface area contributed by atoms with Crippen LogP contribution in [-0.4, -0.2) is 26.4 Å². The molecule has 0 N–H and O–H groups in total. The first-order chi connectivity index (χ1) is 34.9. The second-order valence-corrected chi connectivity index (χ2v) is 20.7. The summed E-state index contributed by atoms with van der Waals surface area (Å²) in [5, 5.41) is 41.6. The van der Waals surface area contributed by atoms with Crippen molar-refractivity contribution < 1.29 is 18.9 Å². The fraction of sp³-hybridized carbons (Fsp3) is 0.400. The van der Waals surface area contributed by atoms with E-state index in [0.717, 1.165) is 119 Å². The zero-order valence-corrected chi connectivity index (χ0v) is 44.5. The molecule has 3 heterocycles. The quantitative estimate of drug-likeness (QED) is 0.0307. The molecule has 5 rings (SSSR count). The highest BCUT2D eigenvalue weighted by Crippen LogP contribution is 2.37. The SMILES string of the molecule is CCCCCCOc1ccc(OCCCCCC)c(/C(C#N)=C/c2ccc(/C=C(\C#N)c3ccc(/C(C#N)=C/c4ccc(/C=C(\C#N)c5cc(OCCCCCC)ccc5OCCCCCC)s4)s3)s2)c1. The van der Waals surface area contributed by atoms with Gasteiger partial charge >= 0.3 is 0 Å². The number of ether oxygens (including phenoxy) is 4. The molecule has 0 spiro atoms. The van der Waals surface area contributed by atoms with Crippen molar-refractivity contribution in [3.05, 3.63) is 113 Å². The van der Waals surface area contributed by atoms with Crippen molar-refractivity contribution >= 4 is 80.6 Å². The third kappa shape index (κ3) is 18.4. The Morgan fingerprint density at radius 2 is 0.704 bits per heavy atom. The molecule has 0 aliphatic heterocycles. The number of nitriles is 4. The normalized spacial score (nSPS) is 11.9. The summed E-state index contributed by atoms with van der Waals surface area (Å²) in [6.45, 7) is 11.1. The van der Waals surface area contributed by atoms with Gasteiger partial charge in [-0.05, 0) is 123 Å². The van der Waals surface area contributed by atoms with Crippen LogP contribution in [0, 0.1) is 45.3 Å². The van der Waals surface area contributed by atoms with E-state index in [1.807, 2.05) is 97.1 Å². The van der Waals surface area contributed by atoms with Crippen molar-refractivity contribution in [3.8, 4) is 47.3 Å². The summed E-state index contributed by atoms with van der Waals surface area (Å²) >= 11 is 4.35. The van der Waals surface area contributed by atoms with Crippen LogP contribution >= 0.6 is 34.0 Å². The molecule has 5 aromatic rings. The van der Waals surface area contributed by atoms with Gasteiger partial charge in [-0.15, -0.1) is 34.0 Å². The number of nitrogens with zero attached hydrogens (tertiary/aromatic N) is 4. The molecule has 0 saturated heterocycles. The van der Waals surface area contributed by atoms with Crippen LogP contribution in [0.1, 0.15) is 171 Å². The molecule has 0 saturated carbocycles. The first-order valence-electron chi connectivity index (χ1n) is 25.4. The molecule has 0 aliphatic carbocycles. The largest absolute Gasteiger partial charge is 0.494 e. The number of rotatable bonds is 32. The number of benzene rings is 2. The lowest BCUT2D eigenvalue weighted by molar-refractivity contribution is 0.296. The Morgan fingerprint density at radius 1 is 0.380 bits per heavy atom. The van der Waals surface area contributed by atoms with Gasteiger partial charge < -0.3 is 18.9 Å². The van der Waals surface area contributed by atoms with E-state index < -0.39 is 0 Å². The molecule has 0 unspecified atom stereocenters. The fourth-order valence-electron chi connectivity index (χ4n) is 7.63. The Kier molecular flexibility index (Phi) is 24.9. The van der Waals surface area contributed by atoms with Crippen LogP contribution in [0.2, 0.25) is 0 Å². The number of hydrogen-bond acceptors (Lipinski definition) is 11. The molecule has 11 heteroatoms. The molecular weight excluding hydrogens is 937 g/mol. The van der Waals surface area contributed by atoms with Gasteiger partial charge in [0.25, 0.3) is 0 Å². The van der Waals surface area contributed by atoms with Crippen molar-refractivity contribution in [2.45, 2.75) is 130 Å². The summed E-state index contributed by atoms with van der Waals surface area (Å²) in [5.74, 6) is 2.73. The van der Waals surface area contributed by atoms with Crippen molar-refractivity contribution in [2.75, 3.05) is 26.4 Å². The second-order valence-electron chi connectivity index (χ2n) is 17.3. The average Bonchev–Trinajstić information content (AvgIpc) is 4.18. The minimum Gasteiger partial charge on any atom is -0.494 e. The van der Waals surface area contributed by atoms with Crippen LogP contribution in [0.4, 0.5) is 0 Å². The first-order valence-corrected chi connectivity index (χ1v) is 27.9. The monoisotopic (exact) mass is 1000 g/mol. The predicted octanol–water partition coefficient (Wildman–Crippen LogP) is 18.0. The molecule has 0 fully saturated rings. The smallest absolute Gasteiger partial charge is 0.128 e. The van der Waals surface area contributed by atoms with Gasteiger partial charge in [0.1, 0.15) is 35.1 Å². The minimum atomic E-state index is 0.469. The van der Waals surface area contributed by atoms with Crippen molar-refractivity contribution in [2.24, 2.45) is 0 Å². The number of hydrogen-bond donors (Lipinski definition) is 0. The average molecular weight is 1010 g/mol. The lowest BCUT2D eigenvalue weighted by atomic mass is 10.0. The van der Waals surface area contributed by atoms with E-state index in [1.54, 1.807) is 0 Å². The number of allylic oxidation sites excluding steroid dienone is 4. The Bertz CT molecular complexity index is 2560. The molecule has 0 amide bonds. The van der Waals surface area contributed by atoms with Gasteiger partial charge in [-0.2, -0.15) is 21.0 Å². The maximum atomic E-state index is 10.4. The predicted molar refractivity (Wildman–Crippen MR) is 298 cm³/mol. The van der Waals surface area contributed by atoms with Gasteiger partial charge in [0, 0.05) is 40.4 Å². The Hall–Kier alpha value is -6.34. The molecule has 0 aliphatic rings. The van der Waals surface area contributed by atoms with E-state index >= 15 is 0 Å². The third-order valence-corrected chi connectivity index (χ3v) is 14.7. The van der Waals surface area contributed by atoms with Crippen LogP contribution < -0.4 is 18.9 Å². The van der Waals surface area contributed by atoms with E-state index in [9.17, 15) is 21.0 Å². The molecule has 71 heavy (non-hydrogen) atoms. The van der Waals surface area contributed by atoms with Crippen LogP contribution in [0.5, 0.6) is 23.0 Å². The van der Waals surface area contributed by atoms with Gasteiger partial charge in [-0.25, -0.2) is 0 Å². The standard InChI is InChI=1S/C60H68N4O4S3/c1-5-9-13-17-31-65-49-21-27-57(67-33-19-15-11-7-3)55(39-49)45(41-61)35-51-23-25-53(69-51)37-47(43-63)59-29-30-60(71-59)48(44-64)38-54-26-24-52(70-54)36-46(42-62)56-40-50(66-32-18-14-10-6-2)22-28-58(56)68-34-20-16-12-8-4/h21-30,35-40H,5-20,31-34H2,1-4H3/b45-35+,46-36+,47-37+,48-38+. The summed E-state index contributed by atoms with van der Waals surface area (Å²) in [6.07, 6.45) is 25.0. The zero-order valence-electron chi connectivity index (χ0n) is 42.0. The molecular formula is C60H68N4O4S3. The first kappa shape index (κ1) is 55.6. The van der Waals surface area contributed by atoms with E-state index in [0.29, 0.717) is 82.8 Å². The van der Waals surface area contributed by atoms with Crippen molar-refractivity contribution in [1.29, 1.82) is 21.0 Å². The van der Waals surface area contributed by atoms with Gasteiger partial charge in [0.15, 0.2) is 0 Å². The van der Waals surface area contributed by atoms with E-state index in [1.165, 1.54) is 46.9 Å². The highest BCUT2D eigenvalue weighted by atomic mass is 32.1. The van der Waals surface area contributed by atoms with Gasteiger partial charge in [0.05, 0.1) is 60.9 Å². The molecule has 3 aromatic heterocycles. The molecule has 370 valence electrons. The molecule has 0 radical (unpaired) electrons. The lowest BCUT2D eigenvalue weighted by Crippen LogP contribution is -2.02. The van der Waals surface area contributed by atoms with Crippen LogP contribution in [-0.2, 0) is 0 Å². The topological polar surface area (TPSA) is 132 Å². The Morgan fingerprint density at radius 3 is 1.03 bits per heavy atom. The van der Waals surface area contributed by atoms with E-state index in [-0.39, 0.29) is 0 Å². The van der Waals surface area contributed by atoms with Crippen molar-refractivity contribution in [1.82, 2.24) is 0 Å². The molecule has 8 nitrogen and oxygen atoms in total. The van der Waals surface area contributed by atoms with E-state index in [2.05, 4.69) is 52.0 Å². The summed E-state index contributed by atoms with van der Waals surface area (Å²) in [7, 11) is 0. The molecule has 0 atom stereocenters. The minimum absolute atomic E-state index is 0.469. The second kappa shape index (κ2) is 31.8. The zero-order chi connectivity index (χ0) is 50.5. The lowest BCUT2D eigenvalue weighted by Gasteiger charge is -2.14. The maximum Gasteiger partial charge on any atom is 0.128 e. The highest BCUT2D eigenvalue weighted by Gasteiger charge is 2.16. The number of unbranched alkanes of at least 4 members (excludes halogenated alkanes) is 12. The summed E-state index contributed by atoms with van der Waals surface area (Å²) in [5.41, 5.74) is 3.27. The van der Waals surface area contributed by atoms with Gasteiger partial charge in [-0.3, -0.25) is 0 Å². The highest BCUT2D eigenvalue weighted by molar-refractivity contribution is 7.15. The Labute approximate surface area is 435 Å². The summed E-state index contributed by atoms with van der Waals surface area (Å²) < 4.78 is 24.7. The van der Waals surface area contributed by atoms with Gasteiger partial charge in [-0.1, -0.05) is 105 Å². The van der Waals surface area contributed by atoms with Gasteiger partial charge in [0.2, 0.25) is 0 Å². The van der Waals surface area contributed by atoms with Crippen LogP contribution in [0.15, 0.2) is 72.8 Å². The summed E-state index contributed by atoms with van der Waals surface area (Å²) in [6, 6.07) is 32.5. The number of thiophene rings is 3. The maximum absolute atomic E-state index is 10.4.